The van der Waals surface area contributed by atoms with E-state index in [4.69, 9.17) is 11.6 Å². The fourth-order valence-electron chi connectivity index (χ4n) is 2.78. The van der Waals surface area contributed by atoms with Gasteiger partial charge in [0.25, 0.3) is 5.56 Å². The Morgan fingerprint density at radius 3 is 2.56 bits per heavy atom. The molecule has 1 N–H and O–H groups in total. The van der Waals surface area contributed by atoms with Crippen LogP contribution in [0.1, 0.15) is 25.3 Å². The molecular weight excluding hydrogens is 368 g/mol. The van der Waals surface area contributed by atoms with Crippen LogP contribution in [0.25, 0.3) is 11.2 Å². The molecule has 0 aliphatic rings. The van der Waals surface area contributed by atoms with Crippen molar-refractivity contribution >= 4 is 34.9 Å². The molecular formula is C18H21ClN6O2. The summed E-state index contributed by atoms with van der Waals surface area (Å²) in [5.74, 6) is 0.418. The van der Waals surface area contributed by atoms with Crippen molar-refractivity contribution in [3.63, 3.8) is 0 Å². The van der Waals surface area contributed by atoms with Crippen LogP contribution in [0.5, 0.6) is 0 Å². The maximum absolute atomic E-state index is 12.6. The third kappa shape index (κ3) is 3.66. The monoisotopic (exact) mass is 388 g/mol. The second-order valence-corrected chi connectivity index (χ2v) is 6.68. The van der Waals surface area contributed by atoms with Crippen molar-refractivity contribution in [2.75, 3.05) is 5.43 Å². The summed E-state index contributed by atoms with van der Waals surface area (Å²) >= 11 is 5.88. The second-order valence-electron chi connectivity index (χ2n) is 6.24. The molecule has 142 valence electrons. The van der Waals surface area contributed by atoms with Gasteiger partial charge in [-0.05, 0) is 24.1 Å². The molecule has 0 unspecified atom stereocenters. The Balaban J connectivity index is 2.04. The molecule has 1 aromatic carbocycles. The van der Waals surface area contributed by atoms with Crippen molar-refractivity contribution < 1.29 is 0 Å². The maximum Gasteiger partial charge on any atom is 0.332 e. The lowest BCUT2D eigenvalue weighted by Gasteiger charge is -2.08. The van der Waals surface area contributed by atoms with Gasteiger partial charge in [0.1, 0.15) is 0 Å². The molecule has 3 rings (SSSR count). The summed E-state index contributed by atoms with van der Waals surface area (Å²) in [4.78, 5) is 29.3. The average Bonchev–Trinajstić information content (AvgIpc) is 3.03. The topological polar surface area (TPSA) is 86.2 Å². The summed E-state index contributed by atoms with van der Waals surface area (Å²) in [5.41, 5.74) is 3.70. The largest absolute Gasteiger partial charge is 0.332 e. The van der Waals surface area contributed by atoms with Gasteiger partial charge >= 0.3 is 5.69 Å². The fraction of sp³-hybridized carbons (Fsp3) is 0.333. The van der Waals surface area contributed by atoms with E-state index >= 15 is 0 Å². The summed E-state index contributed by atoms with van der Waals surface area (Å²) in [6, 6.07) is 7.23. The number of hydrogen-bond donors (Lipinski definition) is 1. The third-order valence-corrected chi connectivity index (χ3v) is 4.58. The van der Waals surface area contributed by atoms with E-state index in [1.807, 2.05) is 12.1 Å². The summed E-state index contributed by atoms with van der Waals surface area (Å²) < 4.78 is 4.24. The number of fused-ring (bicyclic) bond motifs is 1. The first-order chi connectivity index (χ1) is 12.9. The molecule has 0 aliphatic heterocycles. The van der Waals surface area contributed by atoms with Crippen molar-refractivity contribution in [2.24, 2.45) is 19.2 Å². The number of hydrazone groups is 1. The second kappa shape index (κ2) is 7.79. The van der Waals surface area contributed by atoms with Gasteiger partial charge in [-0.15, -0.1) is 0 Å². The summed E-state index contributed by atoms with van der Waals surface area (Å²) in [5, 5.41) is 4.86. The molecule has 2 aromatic heterocycles. The predicted molar refractivity (Wildman–Crippen MR) is 108 cm³/mol. The van der Waals surface area contributed by atoms with Gasteiger partial charge in [-0.3, -0.25) is 13.9 Å². The predicted octanol–water partition coefficient (Wildman–Crippen LogP) is 2.33. The smallest absolute Gasteiger partial charge is 0.303 e. The lowest BCUT2D eigenvalue weighted by molar-refractivity contribution is 0.641. The molecule has 0 atom stereocenters. The van der Waals surface area contributed by atoms with E-state index in [2.05, 4.69) is 22.4 Å². The van der Waals surface area contributed by atoms with Gasteiger partial charge in [0.05, 0.1) is 6.21 Å². The van der Waals surface area contributed by atoms with E-state index in [0.717, 1.165) is 23.0 Å². The van der Waals surface area contributed by atoms with Crippen LogP contribution in [0.3, 0.4) is 0 Å². The van der Waals surface area contributed by atoms with E-state index < -0.39 is 5.69 Å². The van der Waals surface area contributed by atoms with Gasteiger partial charge in [0, 0.05) is 25.7 Å². The molecule has 0 bridgehead atoms. The van der Waals surface area contributed by atoms with E-state index in [0.29, 0.717) is 28.7 Å². The first-order valence-corrected chi connectivity index (χ1v) is 9.02. The minimum atomic E-state index is -0.413. The van der Waals surface area contributed by atoms with E-state index in [1.165, 1.54) is 11.6 Å². The van der Waals surface area contributed by atoms with Crippen LogP contribution in [-0.4, -0.2) is 24.9 Å². The van der Waals surface area contributed by atoms with Crippen molar-refractivity contribution in [3.8, 4) is 0 Å². The van der Waals surface area contributed by atoms with Crippen LogP contribution < -0.4 is 16.7 Å². The highest BCUT2D eigenvalue weighted by molar-refractivity contribution is 6.30. The molecule has 0 saturated carbocycles. The number of benzene rings is 1. The molecule has 0 aliphatic carbocycles. The molecule has 0 saturated heterocycles. The number of hydrogen-bond acceptors (Lipinski definition) is 5. The number of aryl methyl sites for hydroxylation is 2. The number of unbranched alkanes of at least 4 members (excludes halogenated alkanes) is 1. The van der Waals surface area contributed by atoms with Crippen molar-refractivity contribution in [3.05, 3.63) is 55.7 Å². The molecule has 2 heterocycles. The minimum Gasteiger partial charge on any atom is -0.303 e. The van der Waals surface area contributed by atoms with Gasteiger partial charge in [-0.25, -0.2) is 10.2 Å². The highest BCUT2D eigenvalue weighted by Crippen LogP contribution is 2.17. The van der Waals surface area contributed by atoms with Crippen molar-refractivity contribution in [1.29, 1.82) is 0 Å². The Hall–Kier alpha value is -2.87. The quantitative estimate of drug-likeness (QED) is 0.518. The van der Waals surface area contributed by atoms with Crippen LogP contribution in [0.2, 0.25) is 5.02 Å². The van der Waals surface area contributed by atoms with Gasteiger partial charge in [0.2, 0.25) is 5.95 Å². The van der Waals surface area contributed by atoms with Gasteiger partial charge in [0.15, 0.2) is 11.2 Å². The molecule has 0 fully saturated rings. The molecule has 0 amide bonds. The number of rotatable bonds is 6. The minimum absolute atomic E-state index is 0.336. The molecule has 3 aromatic rings. The van der Waals surface area contributed by atoms with Crippen LogP contribution in [0.4, 0.5) is 5.95 Å². The molecule has 0 radical (unpaired) electrons. The maximum atomic E-state index is 12.6. The Bertz CT molecular complexity index is 1110. The SMILES string of the molecule is CCCCn1c(N/N=C\c2ccc(Cl)cc2)nc2c1c(=O)n(C)c(=O)n2C. The fourth-order valence-corrected chi connectivity index (χ4v) is 2.91. The Morgan fingerprint density at radius 2 is 1.89 bits per heavy atom. The van der Waals surface area contributed by atoms with Gasteiger partial charge in [-0.1, -0.05) is 37.1 Å². The number of aromatic nitrogens is 4. The van der Waals surface area contributed by atoms with E-state index in [1.54, 1.807) is 30.0 Å². The average molecular weight is 389 g/mol. The van der Waals surface area contributed by atoms with Crippen LogP contribution in [0, 0.1) is 0 Å². The van der Waals surface area contributed by atoms with E-state index in [-0.39, 0.29) is 5.56 Å². The highest BCUT2D eigenvalue weighted by Gasteiger charge is 2.18. The van der Waals surface area contributed by atoms with Crippen molar-refractivity contribution in [1.82, 2.24) is 18.7 Å². The van der Waals surface area contributed by atoms with Crippen molar-refractivity contribution in [2.45, 2.75) is 26.3 Å². The number of imidazole rings is 1. The molecule has 8 nitrogen and oxygen atoms in total. The number of nitrogens with zero attached hydrogens (tertiary/aromatic N) is 5. The number of anilines is 1. The van der Waals surface area contributed by atoms with Crippen LogP contribution in [-0.2, 0) is 20.6 Å². The highest BCUT2D eigenvalue weighted by atomic mass is 35.5. The van der Waals surface area contributed by atoms with Crippen LogP contribution in [0.15, 0.2) is 39.0 Å². The summed E-state index contributed by atoms with van der Waals surface area (Å²) in [6.45, 7) is 2.66. The normalized spacial score (nSPS) is 11.6. The third-order valence-electron chi connectivity index (χ3n) is 4.33. The zero-order valence-corrected chi connectivity index (χ0v) is 16.2. The summed E-state index contributed by atoms with van der Waals surface area (Å²) in [6.07, 6.45) is 3.46. The first kappa shape index (κ1) is 18.9. The van der Waals surface area contributed by atoms with E-state index in [9.17, 15) is 9.59 Å². The number of halogens is 1. The Labute approximate surface area is 160 Å². The zero-order chi connectivity index (χ0) is 19.6. The standard InChI is InChI=1S/C18H21ClN6O2/c1-4-5-10-25-14-15(23(2)18(27)24(3)16(14)26)21-17(25)22-20-11-12-6-8-13(19)9-7-12/h6-9,11H,4-5,10H2,1-3H3,(H,21,22)/b20-11-. The molecule has 9 heteroatoms. The molecule has 0 spiro atoms. The summed E-state index contributed by atoms with van der Waals surface area (Å²) in [7, 11) is 3.06. The van der Waals surface area contributed by atoms with Gasteiger partial charge in [-0.2, -0.15) is 10.1 Å². The lowest BCUT2D eigenvalue weighted by Crippen LogP contribution is -2.37. The Kier molecular flexibility index (Phi) is 5.46. The lowest BCUT2D eigenvalue weighted by atomic mass is 10.2. The van der Waals surface area contributed by atoms with Gasteiger partial charge < -0.3 is 4.57 Å². The molecule has 27 heavy (non-hydrogen) atoms. The Morgan fingerprint density at radius 1 is 1.19 bits per heavy atom. The first-order valence-electron chi connectivity index (χ1n) is 8.65. The van der Waals surface area contributed by atoms with Crippen LogP contribution >= 0.6 is 11.6 Å². The zero-order valence-electron chi connectivity index (χ0n) is 15.4. The number of nitrogens with one attached hydrogen (secondary N) is 1.